The monoisotopic (exact) mass is 359 g/mol. The van der Waals surface area contributed by atoms with Crippen LogP contribution in [0.2, 0.25) is 0 Å². The summed E-state index contributed by atoms with van der Waals surface area (Å²) in [6.45, 7) is 9.72. The molecule has 26 heavy (non-hydrogen) atoms. The fourth-order valence-electron chi connectivity index (χ4n) is 2.44. The van der Waals surface area contributed by atoms with Crippen LogP contribution in [0.3, 0.4) is 0 Å². The number of carboxylic acid groups (broad SMARTS) is 1. The van der Waals surface area contributed by atoms with E-state index in [0.29, 0.717) is 29.3 Å². The van der Waals surface area contributed by atoms with E-state index in [1.54, 1.807) is 38.1 Å². The molecule has 0 saturated carbocycles. The SMILES string of the molecule is CC(C)[C@@H](NC(=O)c1cccc(-c2noc(CC(C)(C)C)n2)c1)C(=O)O. The topological polar surface area (TPSA) is 105 Å². The fourth-order valence-corrected chi connectivity index (χ4v) is 2.44. The predicted octanol–water partition coefficient (Wildman–Crippen LogP) is 3.16. The second-order valence-corrected chi connectivity index (χ2v) is 7.86. The molecule has 0 fully saturated rings. The first-order valence-corrected chi connectivity index (χ1v) is 8.53. The predicted molar refractivity (Wildman–Crippen MR) is 96.6 cm³/mol. The van der Waals surface area contributed by atoms with Crippen molar-refractivity contribution >= 4 is 11.9 Å². The van der Waals surface area contributed by atoms with Crippen LogP contribution >= 0.6 is 0 Å². The fraction of sp³-hybridized carbons (Fsp3) is 0.474. The molecule has 140 valence electrons. The summed E-state index contributed by atoms with van der Waals surface area (Å²) in [6, 6.07) is 5.78. The average Bonchev–Trinajstić information content (AvgIpc) is 2.98. The molecule has 0 aliphatic heterocycles. The molecular weight excluding hydrogens is 334 g/mol. The van der Waals surface area contributed by atoms with Gasteiger partial charge in [-0.25, -0.2) is 4.79 Å². The van der Waals surface area contributed by atoms with E-state index in [0.717, 1.165) is 0 Å². The zero-order valence-electron chi connectivity index (χ0n) is 15.7. The number of carbonyl (C=O) groups is 2. The highest BCUT2D eigenvalue weighted by Crippen LogP contribution is 2.22. The number of amides is 1. The Kier molecular flexibility index (Phi) is 5.79. The van der Waals surface area contributed by atoms with Crippen molar-refractivity contribution in [1.82, 2.24) is 15.5 Å². The average molecular weight is 359 g/mol. The van der Waals surface area contributed by atoms with E-state index < -0.39 is 17.9 Å². The number of aliphatic carboxylic acids is 1. The number of nitrogens with one attached hydrogen (secondary N) is 1. The van der Waals surface area contributed by atoms with Crippen LogP contribution in [0.4, 0.5) is 0 Å². The van der Waals surface area contributed by atoms with Crippen molar-refractivity contribution in [3.05, 3.63) is 35.7 Å². The van der Waals surface area contributed by atoms with Gasteiger partial charge in [0.25, 0.3) is 5.91 Å². The summed E-state index contributed by atoms with van der Waals surface area (Å²) in [6.07, 6.45) is 0.648. The highest BCUT2D eigenvalue weighted by Gasteiger charge is 2.24. The Morgan fingerprint density at radius 1 is 1.27 bits per heavy atom. The van der Waals surface area contributed by atoms with Gasteiger partial charge in [-0.3, -0.25) is 4.79 Å². The van der Waals surface area contributed by atoms with Crippen LogP contribution in [0.5, 0.6) is 0 Å². The molecule has 0 unspecified atom stereocenters. The molecule has 1 amide bonds. The van der Waals surface area contributed by atoms with Gasteiger partial charge in [-0.15, -0.1) is 0 Å². The van der Waals surface area contributed by atoms with Crippen LogP contribution in [-0.2, 0) is 11.2 Å². The van der Waals surface area contributed by atoms with E-state index in [1.165, 1.54) is 0 Å². The normalized spacial score (nSPS) is 12.8. The quantitative estimate of drug-likeness (QED) is 0.821. The molecule has 2 N–H and O–H groups in total. The van der Waals surface area contributed by atoms with Gasteiger partial charge in [-0.05, 0) is 23.5 Å². The maximum Gasteiger partial charge on any atom is 0.326 e. The molecule has 1 atom stereocenters. The second-order valence-electron chi connectivity index (χ2n) is 7.86. The first-order chi connectivity index (χ1) is 12.1. The summed E-state index contributed by atoms with van der Waals surface area (Å²) in [5.74, 6) is -0.803. The largest absolute Gasteiger partial charge is 0.480 e. The Labute approximate surface area is 152 Å². The first kappa shape index (κ1) is 19.6. The molecule has 0 saturated heterocycles. The van der Waals surface area contributed by atoms with Crippen molar-refractivity contribution < 1.29 is 19.2 Å². The number of benzene rings is 1. The Morgan fingerprint density at radius 2 is 1.96 bits per heavy atom. The van der Waals surface area contributed by atoms with Gasteiger partial charge in [-0.1, -0.05) is 51.9 Å². The minimum atomic E-state index is -1.06. The van der Waals surface area contributed by atoms with Crippen LogP contribution in [-0.4, -0.2) is 33.2 Å². The summed E-state index contributed by atoms with van der Waals surface area (Å²) in [7, 11) is 0. The number of carbonyl (C=O) groups excluding carboxylic acids is 1. The Bertz CT molecular complexity index is 790. The number of carboxylic acids is 1. The van der Waals surface area contributed by atoms with Gasteiger partial charge in [0, 0.05) is 17.5 Å². The van der Waals surface area contributed by atoms with Crippen LogP contribution in [0, 0.1) is 11.3 Å². The zero-order chi connectivity index (χ0) is 19.5. The second kappa shape index (κ2) is 7.68. The molecule has 0 spiro atoms. The molecule has 1 aromatic carbocycles. The van der Waals surface area contributed by atoms with Crippen molar-refractivity contribution in [2.45, 2.75) is 47.1 Å². The van der Waals surface area contributed by atoms with Crippen molar-refractivity contribution in [3.63, 3.8) is 0 Å². The van der Waals surface area contributed by atoms with Gasteiger partial charge < -0.3 is 14.9 Å². The number of hydrogen-bond donors (Lipinski definition) is 2. The lowest BCUT2D eigenvalue weighted by Crippen LogP contribution is -2.44. The Morgan fingerprint density at radius 3 is 2.54 bits per heavy atom. The van der Waals surface area contributed by atoms with Gasteiger partial charge in [0.2, 0.25) is 11.7 Å². The van der Waals surface area contributed by atoms with E-state index in [-0.39, 0.29) is 11.3 Å². The van der Waals surface area contributed by atoms with Crippen molar-refractivity contribution in [1.29, 1.82) is 0 Å². The standard InChI is InChI=1S/C19H25N3O4/c1-11(2)15(18(24)25)21-17(23)13-8-6-7-12(9-13)16-20-14(26-22-16)10-19(3,4)5/h6-9,11,15H,10H2,1-5H3,(H,21,23)(H,24,25)/t15-/m1/s1. The Hall–Kier alpha value is -2.70. The van der Waals surface area contributed by atoms with E-state index in [2.05, 4.69) is 36.2 Å². The lowest BCUT2D eigenvalue weighted by Gasteiger charge is -2.17. The van der Waals surface area contributed by atoms with E-state index in [9.17, 15) is 14.7 Å². The maximum atomic E-state index is 12.4. The lowest BCUT2D eigenvalue weighted by molar-refractivity contribution is -0.140. The van der Waals surface area contributed by atoms with Gasteiger partial charge in [0.15, 0.2) is 0 Å². The molecule has 1 heterocycles. The van der Waals surface area contributed by atoms with E-state index in [4.69, 9.17) is 4.52 Å². The molecule has 7 nitrogen and oxygen atoms in total. The maximum absolute atomic E-state index is 12.4. The molecule has 0 aliphatic carbocycles. The third-order valence-electron chi connectivity index (χ3n) is 3.75. The molecular formula is C19H25N3O4. The molecule has 0 bridgehead atoms. The van der Waals surface area contributed by atoms with Crippen LogP contribution in [0.15, 0.2) is 28.8 Å². The summed E-state index contributed by atoms with van der Waals surface area (Å²) in [5.41, 5.74) is 1.00. The third-order valence-corrected chi connectivity index (χ3v) is 3.75. The van der Waals surface area contributed by atoms with Gasteiger partial charge in [-0.2, -0.15) is 4.98 Å². The molecule has 2 rings (SSSR count). The first-order valence-electron chi connectivity index (χ1n) is 8.53. The molecule has 0 aliphatic rings. The number of aromatic nitrogens is 2. The van der Waals surface area contributed by atoms with Crippen molar-refractivity contribution in [3.8, 4) is 11.4 Å². The highest BCUT2D eigenvalue weighted by molar-refractivity contribution is 5.97. The minimum absolute atomic E-state index is 0.0221. The summed E-state index contributed by atoms with van der Waals surface area (Å²) in [4.78, 5) is 28.0. The molecule has 0 radical (unpaired) electrons. The smallest absolute Gasteiger partial charge is 0.326 e. The van der Waals surface area contributed by atoms with Gasteiger partial charge in [0.1, 0.15) is 6.04 Å². The van der Waals surface area contributed by atoms with Crippen molar-refractivity contribution in [2.24, 2.45) is 11.3 Å². The molecule has 2 aromatic rings. The van der Waals surface area contributed by atoms with Crippen LogP contribution < -0.4 is 5.32 Å². The summed E-state index contributed by atoms with van der Waals surface area (Å²) in [5, 5.41) is 15.7. The van der Waals surface area contributed by atoms with Gasteiger partial charge >= 0.3 is 5.97 Å². The van der Waals surface area contributed by atoms with Crippen LogP contribution in [0.25, 0.3) is 11.4 Å². The molecule has 1 aromatic heterocycles. The van der Waals surface area contributed by atoms with Gasteiger partial charge in [0.05, 0.1) is 0 Å². The molecule has 7 heteroatoms. The minimum Gasteiger partial charge on any atom is -0.480 e. The lowest BCUT2D eigenvalue weighted by atomic mass is 9.92. The summed E-state index contributed by atoms with van der Waals surface area (Å²) >= 11 is 0. The van der Waals surface area contributed by atoms with Crippen LogP contribution in [0.1, 0.15) is 50.9 Å². The highest BCUT2D eigenvalue weighted by atomic mass is 16.5. The van der Waals surface area contributed by atoms with E-state index in [1.807, 2.05) is 0 Å². The van der Waals surface area contributed by atoms with Crippen molar-refractivity contribution in [2.75, 3.05) is 0 Å². The van der Waals surface area contributed by atoms with E-state index >= 15 is 0 Å². The zero-order valence-corrected chi connectivity index (χ0v) is 15.7. The number of hydrogen-bond acceptors (Lipinski definition) is 5. The number of nitrogens with zero attached hydrogens (tertiary/aromatic N) is 2. The number of rotatable bonds is 6. The summed E-state index contributed by atoms with van der Waals surface area (Å²) < 4.78 is 5.28. The Balaban J connectivity index is 2.20. The third kappa shape index (κ3) is 5.15.